The van der Waals surface area contributed by atoms with Gasteiger partial charge in [0, 0.05) is 0 Å². The summed E-state index contributed by atoms with van der Waals surface area (Å²) in [5, 5.41) is 18.0. The van der Waals surface area contributed by atoms with Crippen LogP contribution >= 0.6 is 25.6 Å². The van der Waals surface area contributed by atoms with Gasteiger partial charge in [0.2, 0.25) is 0 Å². The van der Waals surface area contributed by atoms with Crippen LogP contribution in [-0.2, 0) is 14.4 Å². The molecule has 0 rings (SSSR count). The summed E-state index contributed by atoms with van der Waals surface area (Å²) >= 11 is 7.15. The van der Waals surface area contributed by atoms with E-state index in [-0.39, 0.29) is 0 Å². The van der Waals surface area contributed by atoms with Crippen molar-refractivity contribution in [3.05, 3.63) is 0 Å². The molecule has 0 fully saturated rings. The maximum atomic E-state index is 11.7. The Morgan fingerprint density at radius 2 is 1.38 bits per heavy atom. The van der Waals surface area contributed by atoms with Crippen molar-refractivity contribution in [2.24, 2.45) is 10.8 Å². The fraction of sp³-hybridized carbons (Fsp3) is 0.625. The molecule has 16 heavy (non-hydrogen) atoms. The molecule has 0 aliphatic carbocycles. The summed E-state index contributed by atoms with van der Waals surface area (Å²) in [4.78, 5) is 33.8. The van der Waals surface area contributed by atoms with Gasteiger partial charge in [-0.3, -0.25) is 14.4 Å². The predicted molar refractivity (Wildman–Crippen MR) is 62.0 cm³/mol. The van der Waals surface area contributed by atoms with Crippen LogP contribution < -0.4 is 0 Å². The SMILES string of the molecule is CC(C)(C(=O)O)C(C)(C(=O)O)C(=O)N(S)S. The average molecular weight is 267 g/mol. The molecule has 6 nitrogen and oxygen atoms in total. The molecule has 8 heteroatoms. The first-order valence-electron chi connectivity index (χ1n) is 4.18. The van der Waals surface area contributed by atoms with E-state index in [9.17, 15) is 14.4 Å². The minimum Gasteiger partial charge on any atom is -0.481 e. The topological polar surface area (TPSA) is 94.9 Å². The summed E-state index contributed by atoms with van der Waals surface area (Å²) in [6.45, 7) is 3.35. The molecule has 0 aromatic heterocycles. The van der Waals surface area contributed by atoms with Gasteiger partial charge < -0.3 is 10.2 Å². The number of nitrogens with zero attached hydrogens (tertiary/aromatic N) is 1. The highest BCUT2D eigenvalue weighted by Gasteiger charge is 2.58. The van der Waals surface area contributed by atoms with Crippen molar-refractivity contribution in [1.29, 1.82) is 0 Å². The Morgan fingerprint density at radius 3 is 1.56 bits per heavy atom. The number of carboxylic acids is 2. The van der Waals surface area contributed by atoms with Crippen LogP contribution in [0.3, 0.4) is 0 Å². The van der Waals surface area contributed by atoms with Crippen LogP contribution in [0.2, 0.25) is 0 Å². The summed E-state index contributed by atoms with van der Waals surface area (Å²) in [6, 6.07) is 0. The maximum absolute atomic E-state index is 11.7. The molecule has 0 radical (unpaired) electrons. The van der Waals surface area contributed by atoms with Gasteiger partial charge in [-0.1, -0.05) is 25.6 Å². The molecule has 1 atom stereocenters. The van der Waals surface area contributed by atoms with E-state index in [1.165, 1.54) is 0 Å². The molecule has 1 amide bonds. The summed E-state index contributed by atoms with van der Waals surface area (Å²) in [5.74, 6) is -3.95. The second-order valence-electron chi connectivity index (χ2n) is 3.95. The normalized spacial score (nSPS) is 15.1. The largest absolute Gasteiger partial charge is 0.481 e. The summed E-state index contributed by atoms with van der Waals surface area (Å²) in [5.41, 5.74) is -3.94. The third kappa shape index (κ3) is 2.12. The molecular weight excluding hydrogens is 254 g/mol. The molecule has 0 spiro atoms. The number of thiol groups is 2. The minimum absolute atomic E-state index is 0.471. The fourth-order valence-electron chi connectivity index (χ4n) is 1.04. The Bertz CT molecular complexity index is 341. The first-order chi connectivity index (χ1) is 6.99. The number of aliphatic carboxylic acids is 2. The number of carbonyl (C=O) groups is 3. The molecule has 0 aromatic rings. The van der Waals surface area contributed by atoms with Gasteiger partial charge in [0.25, 0.3) is 5.91 Å². The van der Waals surface area contributed by atoms with Crippen LogP contribution in [0.1, 0.15) is 20.8 Å². The minimum atomic E-state index is -2.15. The molecule has 0 aromatic carbocycles. The van der Waals surface area contributed by atoms with Gasteiger partial charge in [-0.15, -0.1) is 0 Å². The van der Waals surface area contributed by atoms with E-state index in [4.69, 9.17) is 10.2 Å². The van der Waals surface area contributed by atoms with Crippen LogP contribution in [0.15, 0.2) is 0 Å². The average Bonchev–Trinajstić information content (AvgIpc) is 2.14. The van der Waals surface area contributed by atoms with Gasteiger partial charge in [-0.25, -0.2) is 3.71 Å². The molecule has 0 bridgehead atoms. The molecular formula is C8H13NO5S2. The molecule has 0 aliphatic rings. The third-order valence-corrected chi connectivity index (χ3v) is 3.19. The smallest absolute Gasteiger partial charge is 0.320 e. The van der Waals surface area contributed by atoms with Crippen LogP contribution in [0, 0.1) is 10.8 Å². The van der Waals surface area contributed by atoms with Gasteiger partial charge in [-0.05, 0) is 20.8 Å². The fourth-order valence-corrected chi connectivity index (χ4v) is 1.44. The van der Waals surface area contributed by atoms with Gasteiger partial charge in [-0.2, -0.15) is 0 Å². The zero-order chi connectivity index (χ0) is 13.3. The van der Waals surface area contributed by atoms with E-state index in [2.05, 4.69) is 25.6 Å². The molecule has 1 unspecified atom stereocenters. The zero-order valence-corrected chi connectivity index (χ0v) is 10.7. The van der Waals surface area contributed by atoms with E-state index in [1.54, 1.807) is 0 Å². The summed E-state index contributed by atoms with van der Waals surface area (Å²) in [6.07, 6.45) is 0. The van der Waals surface area contributed by atoms with Crippen molar-refractivity contribution in [2.45, 2.75) is 20.8 Å². The van der Waals surface area contributed by atoms with Gasteiger partial charge in [0.1, 0.15) is 0 Å². The Morgan fingerprint density at radius 1 is 1.00 bits per heavy atom. The molecule has 92 valence electrons. The molecule has 0 aliphatic heterocycles. The van der Waals surface area contributed by atoms with E-state index < -0.39 is 28.7 Å². The number of hydrogen-bond acceptors (Lipinski definition) is 5. The number of rotatable bonds is 4. The zero-order valence-electron chi connectivity index (χ0n) is 8.96. The van der Waals surface area contributed by atoms with Crippen molar-refractivity contribution < 1.29 is 24.6 Å². The van der Waals surface area contributed by atoms with Crippen molar-refractivity contribution in [1.82, 2.24) is 3.71 Å². The third-order valence-electron chi connectivity index (χ3n) is 2.82. The summed E-state index contributed by atoms with van der Waals surface area (Å²) in [7, 11) is 0. The number of amides is 1. The van der Waals surface area contributed by atoms with Gasteiger partial charge in [0.05, 0.1) is 5.41 Å². The first kappa shape index (κ1) is 15.1. The standard InChI is InChI=1S/C8H13NO5S2/c1-7(2,5(11)12)8(3,6(13)14)4(10)9(15)16/h15-16H,1-3H3,(H,11,12)(H,13,14). The van der Waals surface area contributed by atoms with Crippen molar-refractivity contribution in [2.75, 3.05) is 0 Å². The monoisotopic (exact) mass is 267 g/mol. The van der Waals surface area contributed by atoms with E-state index in [0.717, 1.165) is 20.8 Å². The lowest BCUT2D eigenvalue weighted by atomic mass is 9.66. The Kier molecular flexibility index (Phi) is 4.29. The highest BCUT2D eigenvalue weighted by molar-refractivity contribution is 7.94. The van der Waals surface area contributed by atoms with Gasteiger partial charge in [0.15, 0.2) is 5.41 Å². The predicted octanol–water partition coefficient (Wildman–Crippen LogP) is 0.706. The van der Waals surface area contributed by atoms with Gasteiger partial charge >= 0.3 is 11.9 Å². The Labute approximate surface area is 104 Å². The second-order valence-corrected chi connectivity index (χ2v) is 5.07. The van der Waals surface area contributed by atoms with Crippen molar-refractivity contribution >= 4 is 43.5 Å². The van der Waals surface area contributed by atoms with E-state index >= 15 is 0 Å². The highest BCUT2D eigenvalue weighted by atomic mass is 32.2. The van der Waals surface area contributed by atoms with E-state index in [0.29, 0.717) is 3.71 Å². The molecule has 2 N–H and O–H groups in total. The van der Waals surface area contributed by atoms with Crippen molar-refractivity contribution in [3.63, 3.8) is 0 Å². The highest BCUT2D eigenvalue weighted by Crippen LogP contribution is 2.41. The van der Waals surface area contributed by atoms with Crippen LogP contribution in [0.25, 0.3) is 0 Å². The lowest BCUT2D eigenvalue weighted by molar-refractivity contribution is -0.175. The lowest BCUT2D eigenvalue weighted by Gasteiger charge is -2.36. The van der Waals surface area contributed by atoms with Crippen LogP contribution in [0.5, 0.6) is 0 Å². The Hall–Kier alpha value is -0.890. The molecule has 0 saturated carbocycles. The Balaban J connectivity index is 5.72. The number of carboxylic acid groups (broad SMARTS) is 2. The number of carbonyl (C=O) groups excluding carboxylic acids is 1. The first-order valence-corrected chi connectivity index (χ1v) is 4.98. The van der Waals surface area contributed by atoms with Crippen molar-refractivity contribution in [3.8, 4) is 0 Å². The second kappa shape index (κ2) is 4.54. The van der Waals surface area contributed by atoms with E-state index in [1.807, 2.05) is 0 Å². The molecule has 0 saturated heterocycles. The quantitative estimate of drug-likeness (QED) is 0.444. The molecule has 0 heterocycles. The number of hydrogen-bond donors (Lipinski definition) is 4. The van der Waals surface area contributed by atoms with Crippen LogP contribution in [0.4, 0.5) is 0 Å². The lowest BCUT2D eigenvalue weighted by Crippen LogP contribution is -2.54. The maximum Gasteiger partial charge on any atom is 0.320 e. The van der Waals surface area contributed by atoms with Crippen LogP contribution in [-0.4, -0.2) is 31.8 Å². The summed E-state index contributed by atoms with van der Waals surface area (Å²) < 4.78 is 0.471.